The van der Waals surface area contributed by atoms with Gasteiger partial charge in [0.2, 0.25) is 11.8 Å². The van der Waals surface area contributed by atoms with Gasteiger partial charge in [-0.1, -0.05) is 36.4 Å². The lowest BCUT2D eigenvalue weighted by Crippen LogP contribution is -2.41. The number of amides is 2. The number of nitrogens with zero attached hydrogens (tertiary/aromatic N) is 1. The molecule has 4 atom stereocenters. The molecule has 2 bridgehead atoms. The van der Waals surface area contributed by atoms with Crippen molar-refractivity contribution in [1.29, 1.82) is 0 Å². The molecule has 7 heteroatoms. The van der Waals surface area contributed by atoms with Crippen molar-refractivity contribution in [2.45, 2.75) is 18.6 Å². The third kappa shape index (κ3) is 3.13. The smallest absolute Gasteiger partial charge is 0.338 e. The van der Waals surface area contributed by atoms with E-state index in [1.165, 1.54) is 0 Å². The van der Waals surface area contributed by atoms with E-state index in [1.807, 2.05) is 42.5 Å². The van der Waals surface area contributed by atoms with Crippen molar-refractivity contribution in [3.63, 3.8) is 0 Å². The van der Waals surface area contributed by atoms with Crippen LogP contribution in [-0.2, 0) is 19.1 Å². The van der Waals surface area contributed by atoms with Gasteiger partial charge in [-0.2, -0.15) is 0 Å². The standard InChI is InChI=1S/C24H22N2O5/c1-2-30-23(29)15-7-6-8-16(13-15)25-21(27)19-18-11-12-24(31-18)14-26(22(28)20(19)24)17-9-4-3-5-10-17/h3-13,18-20H,2,14H2,1H3,(H,25,27)/t18-,19?,20?,24+/m0/s1. The summed E-state index contributed by atoms with van der Waals surface area (Å²) in [6.45, 7) is 2.39. The number of benzene rings is 2. The second-order valence-corrected chi connectivity index (χ2v) is 7.95. The molecule has 3 aliphatic heterocycles. The van der Waals surface area contributed by atoms with Crippen molar-refractivity contribution in [3.8, 4) is 0 Å². The molecule has 3 aliphatic rings. The van der Waals surface area contributed by atoms with Crippen LogP contribution in [-0.4, -0.2) is 42.6 Å². The Morgan fingerprint density at radius 1 is 1.19 bits per heavy atom. The Balaban J connectivity index is 1.38. The molecule has 0 aliphatic carbocycles. The van der Waals surface area contributed by atoms with E-state index in [0.717, 1.165) is 5.69 Å². The molecule has 158 valence electrons. The van der Waals surface area contributed by atoms with Crippen LogP contribution in [0.1, 0.15) is 17.3 Å². The number of carbonyl (C=O) groups is 3. The number of ether oxygens (including phenoxy) is 2. The predicted octanol–water partition coefficient (Wildman–Crippen LogP) is 2.79. The minimum atomic E-state index is -0.785. The largest absolute Gasteiger partial charge is 0.462 e. The Morgan fingerprint density at radius 2 is 2.00 bits per heavy atom. The SMILES string of the molecule is CCOC(=O)c1cccc(NC(=O)C2C3C(=O)N(c4ccccc4)C[C@]34C=C[C@@H]2O4)c1. The average Bonchev–Trinajstić information content (AvgIpc) is 3.43. The maximum absolute atomic E-state index is 13.3. The molecule has 3 heterocycles. The maximum atomic E-state index is 13.3. The fourth-order valence-corrected chi connectivity index (χ4v) is 4.79. The van der Waals surface area contributed by atoms with Gasteiger partial charge in [0.1, 0.15) is 5.60 Å². The van der Waals surface area contributed by atoms with E-state index in [9.17, 15) is 14.4 Å². The van der Waals surface area contributed by atoms with E-state index in [-0.39, 0.29) is 18.4 Å². The normalized spacial score (nSPS) is 28.0. The third-order valence-electron chi connectivity index (χ3n) is 6.11. The second-order valence-electron chi connectivity index (χ2n) is 7.95. The van der Waals surface area contributed by atoms with Crippen molar-refractivity contribution in [3.05, 3.63) is 72.3 Å². The molecule has 2 aromatic carbocycles. The molecule has 2 aromatic rings. The molecule has 0 aromatic heterocycles. The zero-order valence-electron chi connectivity index (χ0n) is 17.0. The Morgan fingerprint density at radius 3 is 2.77 bits per heavy atom. The van der Waals surface area contributed by atoms with Crippen molar-refractivity contribution >= 4 is 29.2 Å². The number of hydrogen-bond acceptors (Lipinski definition) is 5. The minimum Gasteiger partial charge on any atom is -0.462 e. The first-order chi connectivity index (χ1) is 15.0. The summed E-state index contributed by atoms with van der Waals surface area (Å²) in [5.41, 5.74) is 0.832. The number of carbonyl (C=O) groups excluding carboxylic acids is 3. The summed E-state index contributed by atoms with van der Waals surface area (Å²) in [4.78, 5) is 40.2. The second kappa shape index (κ2) is 7.35. The van der Waals surface area contributed by atoms with E-state index >= 15 is 0 Å². The first-order valence-electron chi connectivity index (χ1n) is 10.3. The predicted molar refractivity (Wildman–Crippen MR) is 114 cm³/mol. The molecule has 2 fully saturated rings. The van der Waals surface area contributed by atoms with Crippen LogP contribution < -0.4 is 10.2 Å². The number of hydrogen-bond donors (Lipinski definition) is 1. The van der Waals surface area contributed by atoms with E-state index in [2.05, 4.69) is 5.32 Å². The summed E-state index contributed by atoms with van der Waals surface area (Å²) in [7, 11) is 0. The van der Waals surface area contributed by atoms with Crippen molar-refractivity contribution in [2.75, 3.05) is 23.4 Å². The van der Waals surface area contributed by atoms with Crippen LogP contribution in [0.15, 0.2) is 66.7 Å². The molecule has 2 amide bonds. The topological polar surface area (TPSA) is 84.9 Å². The molecule has 0 saturated carbocycles. The van der Waals surface area contributed by atoms with Gasteiger partial charge in [-0.15, -0.1) is 0 Å². The van der Waals surface area contributed by atoms with Gasteiger partial charge < -0.3 is 19.7 Å². The molecular weight excluding hydrogens is 396 g/mol. The zero-order chi connectivity index (χ0) is 21.6. The fraction of sp³-hybridized carbons (Fsp3) is 0.292. The average molecular weight is 418 g/mol. The number of anilines is 2. The van der Waals surface area contributed by atoms with Gasteiger partial charge in [0.15, 0.2) is 0 Å². The number of rotatable bonds is 5. The molecule has 1 spiro atoms. The van der Waals surface area contributed by atoms with Crippen LogP contribution in [0.4, 0.5) is 11.4 Å². The van der Waals surface area contributed by atoms with Gasteiger partial charge in [-0.3, -0.25) is 9.59 Å². The van der Waals surface area contributed by atoms with Crippen LogP contribution >= 0.6 is 0 Å². The molecule has 31 heavy (non-hydrogen) atoms. The fourth-order valence-electron chi connectivity index (χ4n) is 4.79. The molecule has 5 rings (SSSR count). The van der Waals surface area contributed by atoms with E-state index < -0.39 is 29.5 Å². The van der Waals surface area contributed by atoms with Crippen molar-refractivity contribution in [1.82, 2.24) is 0 Å². The monoisotopic (exact) mass is 418 g/mol. The summed E-state index contributed by atoms with van der Waals surface area (Å²) in [5.74, 6) is -2.09. The van der Waals surface area contributed by atoms with E-state index in [0.29, 0.717) is 17.8 Å². The minimum absolute atomic E-state index is 0.113. The van der Waals surface area contributed by atoms with Gasteiger partial charge in [-0.05, 0) is 37.3 Å². The van der Waals surface area contributed by atoms with Gasteiger partial charge in [0, 0.05) is 11.4 Å². The summed E-state index contributed by atoms with van der Waals surface area (Å²) in [5, 5.41) is 2.86. The van der Waals surface area contributed by atoms with Gasteiger partial charge >= 0.3 is 5.97 Å². The number of esters is 1. The van der Waals surface area contributed by atoms with Crippen molar-refractivity contribution in [2.24, 2.45) is 11.8 Å². The molecule has 2 unspecified atom stereocenters. The highest BCUT2D eigenvalue weighted by Gasteiger charge is 2.67. The lowest BCUT2D eigenvalue weighted by molar-refractivity contribution is -0.128. The molecular formula is C24H22N2O5. The highest BCUT2D eigenvalue weighted by molar-refractivity contribution is 6.05. The van der Waals surface area contributed by atoms with Crippen LogP contribution in [0, 0.1) is 11.8 Å². The van der Waals surface area contributed by atoms with E-state index in [4.69, 9.17) is 9.47 Å². The highest BCUT2D eigenvalue weighted by atomic mass is 16.5. The molecule has 1 N–H and O–H groups in total. The summed E-state index contributed by atoms with van der Waals surface area (Å²) < 4.78 is 11.2. The lowest BCUT2D eigenvalue weighted by atomic mass is 9.76. The van der Waals surface area contributed by atoms with E-state index in [1.54, 1.807) is 36.1 Å². The maximum Gasteiger partial charge on any atom is 0.338 e. The van der Waals surface area contributed by atoms with Crippen LogP contribution in [0.5, 0.6) is 0 Å². The first-order valence-corrected chi connectivity index (χ1v) is 10.3. The van der Waals surface area contributed by atoms with Gasteiger partial charge in [0.25, 0.3) is 0 Å². The summed E-state index contributed by atoms with van der Waals surface area (Å²) in [6.07, 6.45) is 3.35. The van der Waals surface area contributed by atoms with Crippen LogP contribution in [0.2, 0.25) is 0 Å². The number of fused-ring (bicyclic) bond motifs is 1. The Kier molecular flexibility index (Phi) is 4.63. The zero-order valence-corrected chi connectivity index (χ0v) is 17.0. The van der Waals surface area contributed by atoms with Crippen molar-refractivity contribution < 1.29 is 23.9 Å². The lowest BCUT2D eigenvalue weighted by Gasteiger charge is -2.23. The van der Waals surface area contributed by atoms with Crippen LogP contribution in [0.3, 0.4) is 0 Å². The highest BCUT2D eigenvalue weighted by Crippen LogP contribution is 2.52. The van der Waals surface area contributed by atoms with Gasteiger partial charge in [0.05, 0.1) is 36.7 Å². The Bertz CT molecular complexity index is 1080. The Hall–Kier alpha value is -3.45. The third-order valence-corrected chi connectivity index (χ3v) is 6.11. The number of para-hydroxylation sites is 1. The Labute approximate surface area is 179 Å². The number of nitrogens with one attached hydrogen (secondary N) is 1. The molecule has 2 saturated heterocycles. The summed E-state index contributed by atoms with van der Waals surface area (Å²) in [6, 6.07) is 16.0. The van der Waals surface area contributed by atoms with Gasteiger partial charge in [-0.25, -0.2) is 4.79 Å². The molecule has 7 nitrogen and oxygen atoms in total. The molecule has 0 radical (unpaired) electrons. The van der Waals surface area contributed by atoms with Crippen LogP contribution in [0.25, 0.3) is 0 Å². The summed E-state index contributed by atoms with van der Waals surface area (Å²) >= 11 is 0. The quantitative estimate of drug-likeness (QED) is 0.596. The first kappa shape index (κ1) is 19.5.